The quantitative estimate of drug-likeness (QED) is 0.570. The van der Waals surface area contributed by atoms with E-state index in [0.717, 1.165) is 21.5 Å². The Morgan fingerprint density at radius 1 is 1.28 bits per heavy atom. The zero-order valence-electron chi connectivity index (χ0n) is 13.4. The van der Waals surface area contributed by atoms with Crippen molar-refractivity contribution in [2.24, 2.45) is 5.10 Å². The number of ether oxygens (including phenoxy) is 3. The molecule has 0 spiro atoms. The summed E-state index contributed by atoms with van der Waals surface area (Å²) in [6, 6.07) is 10.9. The number of carbonyl (C=O) groups is 1. The Hall–Kier alpha value is -2.74. The molecule has 0 fully saturated rings. The zero-order valence-corrected chi connectivity index (χ0v) is 15.0. The summed E-state index contributed by atoms with van der Waals surface area (Å²) in [7, 11) is 1.60. The number of nitrogens with zero attached hydrogens (tertiary/aromatic N) is 1. The zero-order chi connectivity index (χ0) is 17.6. The Bertz CT molecular complexity index is 793. The summed E-state index contributed by atoms with van der Waals surface area (Å²) in [6.07, 6.45) is 1.54. The van der Waals surface area contributed by atoms with Crippen molar-refractivity contribution in [3.8, 4) is 17.2 Å². The van der Waals surface area contributed by atoms with Crippen LogP contribution in [-0.2, 0) is 4.79 Å². The lowest BCUT2D eigenvalue weighted by Gasteiger charge is -2.06. The van der Waals surface area contributed by atoms with Gasteiger partial charge in [-0.1, -0.05) is 0 Å². The summed E-state index contributed by atoms with van der Waals surface area (Å²) >= 11 is 3.43. The smallest absolute Gasteiger partial charge is 0.259 e. The lowest BCUT2D eigenvalue weighted by Crippen LogP contribution is -2.25. The number of methoxy groups -OCH3 is 1. The number of carbonyl (C=O) groups excluding carboxylic acids is 1. The number of anilines is 1. The van der Waals surface area contributed by atoms with Crippen LogP contribution in [0.4, 0.5) is 5.69 Å². The molecule has 0 bridgehead atoms. The third-order valence-electron chi connectivity index (χ3n) is 3.43. The van der Waals surface area contributed by atoms with Crippen molar-refractivity contribution in [1.82, 2.24) is 5.43 Å². The first kappa shape index (κ1) is 17.1. The van der Waals surface area contributed by atoms with Crippen LogP contribution in [0, 0.1) is 0 Å². The highest BCUT2D eigenvalue weighted by atomic mass is 79.9. The first-order valence-corrected chi connectivity index (χ1v) is 8.24. The molecule has 1 amide bonds. The van der Waals surface area contributed by atoms with Gasteiger partial charge in [0, 0.05) is 15.7 Å². The average Bonchev–Trinajstić information content (AvgIpc) is 3.07. The number of hydrogen-bond donors (Lipinski definition) is 2. The first-order valence-electron chi connectivity index (χ1n) is 7.44. The van der Waals surface area contributed by atoms with Gasteiger partial charge in [-0.15, -0.1) is 0 Å². The van der Waals surface area contributed by atoms with E-state index in [2.05, 4.69) is 31.8 Å². The molecule has 1 aliphatic heterocycles. The maximum Gasteiger partial charge on any atom is 0.259 e. The minimum Gasteiger partial charge on any atom is -0.497 e. The molecule has 1 aliphatic rings. The monoisotopic (exact) mass is 405 g/mol. The molecule has 0 radical (unpaired) electrons. The maximum atomic E-state index is 11.8. The number of hydrogen-bond acceptors (Lipinski definition) is 6. The van der Waals surface area contributed by atoms with Gasteiger partial charge in [0.15, 0.2) is 11.5 Å². The fourth-order valence-corrected chi connectivity index (χ4v) is 2.56. The third-order valence-corrected chi connectivity index (χ3v) is 4.11. The van der Waals surface area contributed by atoms with Crippen molar-refractivity contribution in [2.45, 2.75) is 0 Å². The average molecular weight is 406 g/mol. The molecule has 7 nitrogen and oxygen atoms in total. The van der Waals surface area contributed by atoms with Crippen molar-refractivity contribution < 1.29 is 19.0 Å². The van der Waals surface area contributed by atoms with Gasteiger partial charge in [-0.25, -0.2) is 5.43 Å². The van der Waals surface area contributed by atoms with E-state index in [9.17, 15) is 4.79 Å². The van der Waals surface area contributed by atoms with Crippen molar-refractivity contribution in [1.29, 1.82) is 0 Å². The van der Waals surface area contributed by atoms with Gasteiger partial charge < -0.3 is 19.5 Å². The van der Waals surface area contributed by atoms with Crippen LogP contribution in [0.2, 0.25) is 0 Å². The van der Waals surface area contributed by atoms with Crippen molar-refractivity contribution in [2.75, 3.05) is 25.8 Å². The molecule has 3 rings (SSSR count). The molecule has 0 saturated heterocycles. The van der Waals surface area contributed by atoms with Crippen LogP contribution in [-0.4, -0.2) is 32.6 Å². The van der Waals surface area contributed by atoms with Gasteiger partial charge in [0.1, 0.15) is 5.75 Å². The van der Waals surface area contributed by atoms with Gasteiger partial charge in [-0.05, 0) is 52.3 Å². The Morgan fingerprint density at radius 3 is 2.72 bits per heavy atom. The molecule has 0 aliphatic carbocycles. The SMILES string of the molecule is COc1ccc(NCC(=O)N/N=C\c2cc3c(cc2Br)OCO3)cc1. The standard InChI is InChI=1S/C17H16BrN3O4/c1-23-13-4-2-12(3-5-13)19-9-17(22)21-20-8-11-6-15-16(7-14(11)18)25-10-24-15/h2-8,19H,9-10H2,1H3,(H,21,22)/b20-8-. The summed E-state index contributed by atoms with van der Waals surface area (Å²) in [5.74, 6) is 1.83. The molecule has 2 aromatic rings. The number of hydrazone groups is 1. The molecule has 0 atom stereocenters. The molecule has 0 unspecified atom stereocenters. The first-order chi connectivity index (χ1) is 12.2. The van der Waals surface area contributed by atoms with Crippen LogP contribution < -0.4 is 25.0 Å². The molecule has 2 aromatic carbocycles. The second-order valence-corrected chi connectivity index (χ2v) is 5.96. The van der Waals surface area contributed by atoms with Gasteiger partial charge in [-0.2, -0.15) is 5.10 Å². The Balaban J connectivity index is 1.51. The van der Waals surface area contributed by atoms with Gasteiger partial charge in [0.25, 0.3) is 5.91 Å². The van der Waals surface area contributed by atoms with Crippen LogP contribution in [0.1, 0.15) is 5.56 Å². The predicted octanol–water partition coefficient (Wildman–Crippen LogP) is 2.75. The molecule has 8 heteroatoms. The normalized spacial score (nSPS) is 12.2. The van der Waals surface area contributed by atoms with Crippen LogP contribution in [0.15, 0.2) is 46.0 Å². The molecule has 1 heterocycles. The number of rotatable bonds is 6. The number of fused-ring (bicyclic) bond motifs is 1. The summed E-state index contributed by atoms with van der Waals surface area (Å²) in [5.41, 5.74) is 4.06. The van der Waals surface area contributed by atoms with E-state index in [4.69, 9.17) is 14.2 Å². The van der Waals surface area contributed by atoms with E-state index in [1.54, 1.807) is 19.2 Å². The highest BCUT2D eigenvalue weighted by Crippen LogP contribution is 2.36. The van der Waals surface area contributed by atoms with Gasteiger partial charge in [0.05, 0.1) is 19.9 Å². The van der Waals surface area contributed by atoms with Crippen molar-refractivity contribution in [3.05, 3.63) is 46.4 Å². The van der Waals surface area contributed by atoms with Crippen LogP contribution >= 0.6 is 15.9 Å². The fourth-order valence-electron chi connectivity index (χ4n) is 2.14. The van der Waals surface area contributed by atoms with E-state index in [1.807, 2.05) is 24.3 Å². The van der Waals surface area contributed by atoms with E-state index in [-0.39, 0.29) is 19.2 Å². The highest BCUT2D eigenvalue weighted by Gasteiger charge is 2.15. The Morgan fingerprint density at radius 2 is 2.00 bits per heavy atom. The molecular formula is C17H16BrN3O4. The van der Waals surface area contributed by atoms with E-state index in [0.29, 0.717) is 11.5 Å². The third kappa shape index (κ3) is 4.42. The minimum absolute atomic E-state index is 0.103. The summed E-state index contributed by atoms with van der Waals surface area (Å²) < 4.78 is 16.5. The minimum atomic E-state index is -0.260. The number of amides is 1. The number of halogens is 1. The van der Waals surface area contributed by atoms with E-state index < -0.39 is 0 Å². The number of benzene rings is 2. The van der Waals surface area contributed by atoms with Crippen LogP contribution in [0.3, 0.4) is 0 Å². The largest absolute Gasteiger partial charge is 0.497 e. The molecule has 25 heavy (non-hydrogen) atoms. The lowest BCUT2D eigenvalue weighted by molar-refractivity contribution is -0.119. The summed E-state index contributed by atoms with van der Waals surface area (Å²) in [5, 5.41) is 6.96. The van der Waals surface area contributed by atoms with E-state index in [1.165, 1.54) is 6.21 Å². The lowest BCUT2D eigenvalue weighted by atomic mass is 10.2. The Kier molecular flexibility index (Phi) is 5.39. The van der Waals surface area contributed by atoms with Gasteiger partial charge in [0.2, 0.25) is 6.79 Å². The Labute approximate surface area is 153 Å². The highest BCUT2D eigenvalue weighted by molar-refractivity contribution is 9.10. The summed E-state index contributed by atoms with van der Waals surface area (Å²) in [6.45, 7) is 0.308. The van der Waals surface area contributed by atoms with Gasteiger partial charge >= 0.3 is 0 Å². The number of nitrogens with one attached hydrogen (secondary N) is 2. The molecular weight excluding hydrogens is 390 g/mol. The summed E-state index contributed by atoms with van der Waals surface area (Å²) in [4.78, 5) is 11.8. The second kappa shape index (κ2) is 7.89. The van der Waals surface area contributed by atoms with Gasteiger partial charge in [-0.3, -0.25) is 4.79 Å². The van der Waals surface area contributed by atoms with Crippen LogP contribution in [0.25, 0.3) is 0 Å². The van der Waals surface area contributed by atoms with Crippen molar-refractivity contribution in [3.63, 3.8) is 0 Å². The predicted molar refractivity (Wildman–Crippen MR) is 97.5 cm³/mol. The fraction of sp³-hybridized carbons (Fsp3) is 0.176. The second-order valence-electron chi connectivity index (χ2n) is 5.10. The molecule has 0 saturated carbocycles. The van der Waals surface area contributed by atoms with Crippen LogP contribution in [0.5, 0.6) is 17.2 Å². The van der Waals surface area contributed by atoms with Crippen molar-refractivity contribution >= 4 is 33.7 Å². The van der Waals surface area contributed by atoms with E-state index >= 15 is 0 Å². The molecule has 0 aromatic heterocycles. The molecule has 2 N–H and O–H groups in total. The topological polar surface area (TPSA) is 81.2 Å². The maximum absolute atomic E-state index is 11.8. The molecule has 130 valence electrons.